The van der Waals surface area contributed by atoms with Crippen LogP contribution in [0.3, 0.4) is 0 Å². The molecule has 0 N–H and O–H groups in total. The molecular formula is C25H23ClN2O4S. The van der Waals surface area contributed by atoms with Crippen molar-refractivity contribution in [3.8, 4) is 0 Å². The number of rotatable bonds is 6. The number of nitrogens with zero attached hydrogens (tertiary/aromatic N) is 2. The number of carbonyl (C=O) groups excluding carboxylic acids is 1. The average Bonchev–Trinajstić information content (AvgIpc) is 3.09. The number of methoxy groups -OCH3 is 1. The fraction of sp³-hybridized carbons (Fsp3) is 0.240. The van der Waals surface area contributed by atoms with Gasteiger partial charge >= 0.3 is 5.97 Å². The summed E-state index contributed by atoms with van der Waals surface area (Å²) in [6.07, 6.45) is 1.84. The number of ether oxygens (including phenoxy) is 2. The summed E-state index contributed by atoms with van der Waals surface area (Å²) in [4.78, 5) is 31.7. The molecule has 1 aromatic heterocycles. The molecule has 4 rings (SSSR count). The van der Waals surface area contributed by atoms with Gasteiger partial charge in [0.1, 0.15) is 12.6 Å². The number of allylic oxidation sites excluding steroid dienone is 1. The maximum atomic E-state index is 13.6. The molecule has 0 aliphatic carbocycles. The Morgan fingerprint density at radius 1 is 1.15 bits per heavy atom. The normalized spacial score (nSPS) is 15.9. The van der Waals surface area contributed by atoms with Gasteiger partial charge in [0, 0.05) is 12.1 Å². The minimum Gasteiger partial charge on any atom is -0.460 e. The molecule has 6 nitrogen and oxygen atoms in total. The second-order valence-electron chi connectivity index (χ2n) is 7.64. The first kappa shape index (κ1) is 23.2. The number of benzene rings is 2. The van der Waals surface area contributed by atoms with Crippen molar-refractivity contribution in [3.63, 3.8) is 0 Å². The van der Waals surface area contributed by atoms with Gasteiger partial charge < -0.3 is 9.47 Å². The van der Waals surface area contributed by atoms with Crippen LogP contribution < -0.4 is 14.9 Å². The van der Waals surface area contributed by atoms with E-state index >= 15 is 0 Å². The Morgan fingerprint density at radius 2 is 1.88 bits per heavy atom. The second kappa shape index (κ2) is 9.87. The van der Waals surface area contributed by atoms with E-state index in [4.69, 9.17) is 21.1 Å². The van der Waals surface area contributed by atoms with Crippen LogP contribution in [-0.2, 0) is 14.3 Å². The van der Waals surface area contributed by atoms with E-state index in [0.29, 0.717) is 25.6 Å². The lowest BCUT2D eigenvalue weighted by molar-refractivity contribution is -0.140. The van der Waals surface area contributed by atoms with Gasteiger partial charge in [-0.1, -0.05) is 71.0 Å². The summed E-state index contributed by atoms with van der Waals surface area (Å²) in [5.74, 6) is -0.550. The van der Waals surface area contributed by atoms with Crippen molar-refractivity contribution in [2.24, 2.45) is 4.99 Å². The van der Waals surface area contributed by atoms with Crippen LogP contribution in [0.4, 0.5) is 0 Å². The van der Waals surface area contributed by atoms with Crippen molar-refractivity contribution in [3.05, 3.63) is 101 Å². The molecule has 3 aromatic rings. The summed E-state index contributed by atoms with van der Waals surface area (Å²) < 4.78 is 12.4. The van der Waals surface area contributed by atoms with E-state index in [1.54, 1.807) is 19.1 Å². The summed E-state index contributed by atoms with van der Waals surface area (Å²) in [7, 11) is 1.53. The number of hydrogen-bond donors (Lipinski definition) is 0. The Bertz CT molecular complexity index is 1400. The molecular weight excluding hydrogens is 460 g/mol. The lowest BCUT2D eigenvalue weighted by Crippen LogP contribution is -2.40. The molecule has 1 aliphatic heterocycles. The molecule has 0 saturated heterocycles. The molecule has 0 saturated carbocycles. The molecule has 2 heterocycles. The molecule has 1 atom stereocenters. The monoisotopic (exact) mass is 482 g/mol. The van der Waals surface area contributed by atoms with E-state index in [9.17, 15) is 9.59 Å². The van der Waals surface area contributed by atoms with Gasteiger partial charge in [-0.15, -0.1) is 0 Å². The van der Waals surface area contributed by atoms with Gasteiger partial charge in [-0.3, -0.25) is 9.36 Å². The van der Waals surface area contributed by atoms with Crippen molar-refractivity contribution >= 4 is 35.0 Å². The number of carbonyl (C=O) groups is 1. The van der Waals surface area contributed by atoms with Gasteiger partial charge in [0.2, 0.25) is 0 Å². The van der Waals surface area contributed by atoms with Crippen molar-refractivity contribution in [1.82, 2.24) is 4.57 Å². The Morgan fingerprint density at radius 3 is 2.58 bits per heavy atom. The second-order valence-corrected chi connectivity index (χ2v) is 9.06. The molecule has 8 heteroatoms. The van der Waals surface area contributed by atoms with Crippen molar-refractivity contribution in [2.45, 2.75) is 19.9 Å². The molecule has 0 bridgehead atoms. The highest BCUT2D eigenvalue weighted by Crippen LogP contribution is 2.34. The van der Waals surface area contributed by atoms with Crippen molar-refractivity contribution in [1.29, 1.82) is 0 Å². The smallest absolute Gasteiger partial charge is 0.338 e. The fourth-order valence-corrected chi connectivity index (χ4v) is 4.97. The molecule has 1 aliphatic rings. The van der Waals surface area contributed by atoms with Crippen LogP contribution in [-0.4, -0.2) is 30.9 Å². The number of hydrogen-bond acceptors (Lipinski definition) is 6. The molecule has 0 fully saturated rings. The Kier molecular flexibility index (Phi) is 6.93. The van der Waals surface area contributed by atoms with E-state index in [1.165, 1.54) is 23.0 Å². The van der Waals surface area contributed by atoms with Crippen LogP contribution in [0.15, 0.2) is 69.6 Å². The average molecular weight is 483 g/mol. The van der Waals surface area contributed by atoms with Crippen LogP contribution in [0.5, 0.6) is 0 Å². The number of esters is 1. The maximum Gasteiger partial charge on any atom is 0.338 e. The van der Waals surface area contributed by atoms with Gasteiger partial charge in [0.25, 0.3) is 5.56 Å². The zero-order valence-electron chi connectivity index (χ0n) is 18.5. The number of aryl methyl sites for hydroxylation is 1. The third kappa shape index (κ3) is 4.71. The zero-order chi connectivity index (χ0) is 23.5. The third-order valence-corrected chi connectivity index (χ3v) is 6.66. The summed E-state index contributed by atoms with van der Waals surface area (Å²) >= 11 is 7.81. The number of aromatic nitrogens is 1. The summed E-state index contributed by atoms with van der Waals surface area (Å²) in [5.41, 5.74) is 3.22. The van der Waals surface area contributed by atoms with E-state index in [2.05, 4.69) is 4.99 Å². The summed E-state index contributed by atoms with van der Waals surface area (Å²) in [5, 5.41) is 0.451. The van der Waals surface area contributed by atoms with Crippen molar-refractivity contribution in [2.75, 3.05) is 20.3 Å². The molecule has 33 heavy (non-hydrogen) atoms. The molecule has 0 unspecified atom stereocenters. The SMILES string of the molecule is COCCOC(=O)C1=C(C)N=c2s/c(=C\c3ccc(C)cc3)c(=O)n2[C@@H]1c1ccccc1Cl. The Balaban J connectivity index is 1.90. The molecule has 0 spiro atoms. The predicted octanol–water partition coefficient (Wildman–Crippen LogP) is 3.39. The van der Waals surface area contributed by atoms with Gasteiger partial charge in [0.15, 0.2) is 4.80 Å². The van der Waals surface area contributed by atoms with E-state index < -0.39 is 12.0 Å². The summed E-state index contributed by atoms with van der Waals surface area (Å²) in [6, 6.07) is 14.3. The summed E-state index contributed by atoms with van der Waals surface area (Å²) in [6.45, 7) is 4.12. The first-order valence-electron chi connectivity index (χ1n) is 10.4. The topological polar surface area (TPSA) is 69.9 Å². The third-order valence-electron chi connectivity index (χ3n) is 5.34. The maximum absolute atomic E-state index is 13.6. The van der Waals surface area contributed by atoms with E-state index in [-0.39, 0.29) is 24.3 Å². The quantitative estimate of drug-likeness (QED) is 0.399. The first-order valence-corrected chi connectivity index (χ1v) is 11.6. The lowest BCUT2D eigenvalue weighted by atomic mass is 9.96. The standard InChI is InChI=1S/C25H23ClN2O4S/c1-15-8-10-17(11-9-15)14-20-23(29)28-22(18-6-4-5-7-19(18)26)21(16(2)27-25(28)33-20)24(30)32-13-12-31-3/h4-11,14,22H,12-13H2,1-3H3/b20-14-/t22-/m1/s1. The van der Waals surface area contributed by atoms with Crippen molar-refractivity contribution < 1.29 is 14.3 Å². The van der Waals surface area contributed by atoms with Gasteiger partial charge in [-0.25, -0.2) is 9.79 Å². The molecule has 170 valence electrons. The van der Waals surface area contributed by atoms with Gasteiger partial charge in [0.05, 0.1) is 22.4 Å². The van der Waals surface area contributed by atoms with Gasteiger partial charge in [-0.05, 0) is 37.1 Å². The van der Waals surface area contributed by atoms with Crippen LogP contribution >= 0.6 is 22.9 Å². The highest BCUT2D eigenvalue weighted by molar-refractivity contribution is 7.07. The molecule has 0 radical (unpaired) electrons. The zero-order valence-corrected chi connectivity index (χ0v) is 20.1. The fourth-order valence-electron chi connectivity index (χ4n) is 3.68. The number of thiazole rings is 1. The van der Waals surface area contributed by atoms with Crippen LogP contribution in [0.25, 0.3) is 6.08 Å². The number of halogens is 1. The Labute approximate surface area is 200 Å². The van der Waals surface area contributed by atoms with E-state index in [0.717, 1.165) is 11.1 Å². The van der Waals surface area contributed by atoms with Crippen LogP contribution in [0, 0.1) is 6.92 Å². The first-order chi connectivity index (χ1) is 15.9. The van der Waals surface area contributed by atoms with E-state index in [1.807, 2.05) is 49.4 Å². The largest absolute Gasteiger partial charge is 0.460 e. The van der Waals surface area contributed by atoms with Crippen LogP contribution in [0.1, 0.15) is 29.7 Å². The predicted molar refractivity (Wildman–Crippen MR) is 129 cm³/mol. The minimum atomic E-state index is -0.745. The molecule has 0 amide bonds. The highest BCUT2D eigenvalue weighted by Gasteiger charge is 2.34. The number of fused-ring (bicyclic) bond motifs is 1. The van der Waals surface area contributed by atoms with Crippen LogP contribution in [0.2, 0.25) is 5.02 Å². The lowest BCUT2D eigenvalue weighted by Gasteiger charge is -2.25. The van der Waals surface area contributed by atoms with Gasteiger partial charge in [-0.2, -0.15) is 0 Å². The Hall–Kier alpha value is -3.00. The minimum absolute atomic E-state index is 0.0964. The molecule has 2 aromatic carbocycles. The highest BCUT2D eigenvalue weighted by atomic mass is 35.5.